The Morgan fingerprint density at radius 2 is 2.08 bits per heavy atom. The van der Waals surface area contributed by atoms with Crippen LogP contribution >= 0.6 is 0 Å². The quantitative estimate of drug-likeness (QED) is 0.688. The van der Waals surface area contributed by atoms with Gasteiger partial charge in [-0.1, -0.05) is 32.4 Å². The predicted molar refractivity (Wildman–Crippen MR) is 110 cm³/mol. The van der Waals surface area contributed by atoms with E-state index >= 15 is 0 Å². The molecule has 2 atom stereocenters. The van der Waals surface area contributed by atoms with Crippen molar-refractivity contribution in [2.45, 2.75) is 89.7 Å². The number of benzene rings is 1. The third kappa shape index (κ3) is 3.86. The highest BCUT2D eigenvalue weighted by Crippen LogP contribution is 2.39. The molecular weight excluding hydrogens is 318 g/mol. The average Bonchev–Trinajstić information content (AvgIpc) is 2.64. The van der Waals surface area contributed by atoms with Crippen molar-refractivity contribution in [3.05, 3.63) is 35.4 Å². The van der Waals surface area contributed by atoms with Crippen molar-refractivity contribution in [2.75, 3.05) is 6.54 Å². The molecule has 0 aromatic heterocycles. The second-order valence-corrected chi connectivity index (χ2v) is 8.90. The maximum Gasteiger partial charge on any atom is 0.123 e. The summed E-state index contributed by atoms with van der Waals surface area (Å²) in [6.45, 7) is 5.74. The lowest BCUT2D eigenvalue weighted by atomic mass is 9.83. The topological polar surface area (TPSA) is 21.3 Å². The molecule has 2 heteroatoms. The van der Waals surface area contributed by atoms with Crippen molar-refractivity contribution in [2.24, 2.45) is 5.92 Å². The standard InChI is InChI=1S/C24H35NO/c1-3-24(15-16-25-22-5-4-6-22)14-13-21-17-20(11-12-23(21)26-24)19-9-7-18(2)8-10-19/h9,11-12,17-18,22,25H,3-8,10,13-16H2,1-2H3. The van der Waals surface area contributed by atoms with E-state index in [4.69, 9.17) is 4.74 Å². The van der Waals surface area contributed by atoms with E-state index in [1.54, 1.807) is 5.57 Å². The number of ether oxygens (including phenoxy) is 1. The van der Waals surface area contributed by atoms with E-state index in [1.165, 1.54) is 49.7 Å². The lowest BCUT2D eigenvalue weighted by Gasteiger charge is -2.39. The van der Waals surface area contributed by atoms with E-state index < -0.39 is 0 Å². The fourth-order valence-electron chi connectivity index (χ4n) is 4.67. The molecule has 2 aliphatic carbocycles. The summed E-state index contributed by atoms with van der Waals surface area (Å²) in [6.07, 6.45) is 14.9. The number of allylic oxidation sites excluding steroid dienone is 2. The van der Waals surface area contributed by atoms with Gasteiger partial charge >= 0.3 is 0 Å². The van der Waals surface area contributed by atoms with Crippen LogP contribution in [0, 0.1) is 5.92 Å². The molecule has 0 spiro atoms. The summed E-state index contributed by atoms with van der Waals surface area (Å²) in [4.78, 5) is 0. The maximum absolute atomic E-state index is 6.60. The molecule has 2 unspecified atom stereocenters. The lowest BCUT2D eigenvalue weighted by molar-refractivity contribution is 0.0325. The van der Waals surface area contributed by atoms with Crippen molar-refractivity contribution in [1.82, 2.24) is 5.32 Å². The van der Waals surface area contributed by atoms with Crippen LogP contribution in [-0.2, 0) is 6.42 Å². The molecule has 0 radical (unpaired) electrons. The Kier molecular flexibility index (Phi) is 5.40. The third-order valence-corrected chi connectivity index (χ3v) is 7.04. The number of hydrogen-bond acceptors (Lipinski definition) is 2. The van der Waals surface area contributed by atoms with Crippen LogP contribution in [0.4, 0.5) is 0 Å². The summed E-state index contributed by atoms with van der Waals surface area (Å²) in [7, 11) is 0. The Labute approximate surface area is 159 Å². The number of aryl methyl sites for hydroxylation is 1. The molecule has 4 rings (SSSR count). The Morgan fingerprint density at radius 1 is 1.19 bits per heavy atom. The Morgan fingerprint density at radius 3 is 2.77 bits per heavy atom. The normalized spacial score (nSPS) is 28.7. The molecule has 1 heterocycles. The van der Waals surface area contributed by atoms with Gasteiger partial charge in [0.1, 0.15) is 11.4 Å². The predicted octanol–water partition coefficient (Wildman–Crippen LogP) is 5.90. The summed E-state index contributed by atoms with van der Waals surface area (Å²) in [5, 5.41) is 3.72. The van der Waals surface area contributed by atoms with Crippen molar-refractivity contribution >= 4 is 5.57 Å². The summed E-state index contributed by atoms with van der Waals surface area (Å²) in [5.41, 5.74) is 4.42. The first-order chi connectivity index (χ1) is 12.7. The van der Waals surface area contributed by atoms with E-state index in [0.717, 1.165) is 49.9 Å². The van der Waals surface area contributed by atoms with Gasteiger partial charge in [0.25, 0.3) is 0 Å². The van der Waals surface area contributed by atoms with Crippen LogP contribution in [-0.4, -0.2) is 18.2 Å². The fourth-order valence-corrected chi connectivity index (χ4v) is 4.67. The molecule has 142 valence electrons. The van der Waals surface area contributed by atoms with Gasteiger partial charge in [0.15, 0.2) is 0 Å². The third-order valence-electron chi connectivity index (χ3n) is 7.04. The van der Waals surface area contributed by atoms with E-state index in [0.29, 0.717) is 0 Å². The molecule has 1 aromatic carbocycles. The highest BCUT2D eigenvalue weighted by Gasteiger charge is 2.34. The number of hydrogen-bond donors (Lipinski definition) is 1. The minimum Gasteiger partial charge on any atom is -0.487 e. The smallest absolute Gasteiger partial charge is 0.123 e. The van der Waals surface area contributed by atoms with Crippen LogP contribution in [0.3, 0.4) is 0 Å². The first kappa shape index (κ1) is 18.1. The largest absolute Gasteiger partial charge is 0.487 e. The highest BCUT2D eigenvalue weighted by atomic mass is 16.5. The van der Waals surface area contributed by atoms with E-state index in [2.05, 4.69) is 43.4 Å². The van der Waals surface area contributed by atoms with Gasteiger partial charge in [-0.15, -0.1) is 0 Å². The van der Waals surface area contributed by atoms with Crippen molar-refractivity contribution in [3.8, 4) is 5.75 Å². The summed E-state index contributed by atoms with van der Waals surface area (Å²) >= 11 is 0. The fraction of sp³-hybridized carbons (Fsp3) is 0.667. The number of fused-ring (bicyclic) bond motifs is 1. The van der Waals surface area contributed by atoms with Crippen LogP contribution in [0.15, 0.2) is 24.3 Å². The van der Waals surface area contributed by atoms with Crippen LogP contribution in [0.5, 0.6) is 5.75 Å². The van der Waals surface area contributed by atoms with Crippen molar-refractivity contribution < 1.29 is 4.74 Å². The molecule has 1 N–H and O–H groups in total. The van der Waals surface area contributed by atoms with Gasteiger partial charge in [0, 0.05) is 6.04 Å². The van der Waals surface area contributed by atoms with Gasteiger partial charge in [-0.25, -0.2) is 0 Å². The van der Waals surface area contributed by atoms with Gasteiger partial charge in [-0.2, -0.15) is 0 Å². The molecule has 1 aliphatic heterocycles. The van der Waals surface area contributed by atoms with Crippen molar-refractivity contribution in [3.63, 3.8) is 0 Å². The molecule has 1 saturated carbocycles. The number of rotatable bonds is 6. The Bertz CT molecular complexity index is 660. The molecule has 1 fully saturated rings. The first-order valence-electron chi connectivity index (χ1n) is 10.9. The molecule has 0 bridgehead atoms. The van der Waals surface area contributed by atoms with E-state index in [-0.39, 0.29) is 5.60 Å². The molecule has 0 saturated heterocycles. The monoisotopic (exact) mass is 353 g/mol. The zero-order valence-corrected chi connectivity index (χ0v) is 16.7. The molecular formula is C24H35NO. The minimum atomic E-state index is 0.0325. The zero-order valence-electron chi connectivity index (χ0n) is 16.7. The van der Waals surface area contributed by atoms with E-state index in [1.807, 2.05) is 0 Å². The molecule has 2 nitrogen and oxygen atoms in total. The molecule has 3 aliphatic rings. The van der Waals surface area contributed by atoms with Gasteiger partial charge in [0.05, 0.1) is 0 Å². The summed E-state index contributed by atoms with van der Waals surface area (Å²) in [5.74, 6) is 1.98. The van der Waals surface area contributed by atoms with Gasteiger partial charge in [0.2, 0.25) is 0 Å². The van der Waals surface area contributed by atoms with Crippen LogP contribution in [0.1, 0.15) is 82.8 Å². The first-order valence-corrected chi connectivity index (χ1v) is 10.9. The SMILES string of the molecule is CCC1(CCNC2CCC2)CCc2cc(C3=CCC(C)CC3)ccc2O1. The van der Waals surface area contributed by atoms with E-state index in [9.17, 15) is 0 Å². The lowest BCUT2D eigenvalue weighted by Crippen LogP contribution is -2.44. The Balaban J connectivity index is 1.42. The molecule has 26 heavy (non-hydrogen) atoms. The maximum atomic E-state index is 6.60. The van der Waals surface area contributed by atoms with Crippen LogP contribution < -0.4 is 10.1 Å². The second kappa shape index (κ2) is 7.76. The summed E-state index contributed by atoms with van der Waals surface area (Å²) in [6, 6.07) is 7.71. The Hall–Kier alpha value is -1.28. The average molecular weight is 354 g/mol. The van der Waals surface area contributed by atoms with Gasteiger partial charge in [-0.3, -0.25) is 0 Å². The zero-order chi connectivity index (χ0) is 18.0. The minimum absolute atomic E-state index is 0.0325. The molecule has 0 amide bonds. The highest BCUT2D eigenvalue weighted by molar-refractivity contribution is 5.68. The molecule has 1 aromatic rings. The van der Waals surface area contributed by atoms with Gasteiger partial charge in [-0.05, 0) is 99.1 Å². The number of nitrogens with one attached hydrogen (secondary N) is 1. The van der Waals surface area contributed by atoms with Gasteiger partial charge < -0.3 is 10.1 Å². The second-order valence-electron chi connectivity index (χ2n) is 8.90. The summed E-state index contributed by atoms with van der Waals surface area (Å²) < 4.78 is 6.60. The van der Waals surface area contributed by atoms with Crippen molar-refractivity contribution in [1.29, 1.82) is 0 Å². The van der Waals surface area contributed by atoms with Crippen LogP contribution in [0.25, 0.3) is 5.57 Å². The van der Waals surface area contributed by atoms with Crippen LogP contribution in [0.2, 0.25) is 0 Å².